The SMILES string of the molecule is CN(CCc1ccccc1)C1(C(=O)NCc2ccon2)Cc2ccccc2C1. The second-order valence-corrected chi connectivity index (χ2v) is 7.48. The number of fused-ring (bicyclic) bond motifs is 1. The van der Waals surface area contributed by atoms with Crippen LogP contribution in [0.2, 0.25) is 0 Å². The van der Waals surface area contributed by atoms with Crippen LogP contribution in [0.1, 0.15) is 22.4 Å². The number of carbonyl (C=O) groups excluding carboxylic acids is 1. The summed E-state index contributed by atoms with van der Waals surface area (Å²) >= 11 is 0. The normalized spacial score (nSPS) is 14.8. The predicted octanol–water partition coefficient (Wildman–Crippen LogP) is 3.00. The Balaban J connectivity index is 1.52. The standard InChI is InChI=1S/C23H25N3O2/c1-26(13-11-18-7-3-2-4-8-18)23(15-19-9-5-6-10-20(19)16-23)22(27)24-17-21-12-14-28-25-21/h2-10,12,14H,11,13,15-17H2,1H3,(H,24,27). The van der Waals surface area contributed by atoms with Gasteiger partial charge in [0.2, 0.25) is 5.91 Å². The van der Waals surface area contributed by atoms with Crippen LogP contribution in [0.25, 0.3) is 0 Å². The minimum Gasteiger partial charge on any atom is -0.364 e. The molecular weight excluding hydrogens is 350 g/mol. The van der Waals surface area contributed by atoms with Gasteiger partial charge in [0.15, 0.2) is 0 Å². The molecule has 1 aromatic heterocycles. The van der Waals surface area contributed by atoms with Crippen molar-refractivity contribution >= 4 is 5.91 Å². The molecule has 0 radical (unpaired) electrons. The molecule has 4 rings (SSSR count). The summed E-state index contributed by atoms with van der Waals surface area (Å²) in [4.78, 5) is 15.6. The highest BCUT2D eigenvalue weighted by molar-refractivity contribution is 5.88. The van der Waals surface area contributed by atoms with Crippen LogP contribution in [0.4, 0.5) is 0 Å². The number of hydrogen-bond acceptors (Lipinski definition) is 4. The number of likely N-dealkylation sites (N-methyl/N-ethyl adjacent to an activating group) is 1. The molecule has 0 atom stereocenters. The first-order valence-electron chi connectivity index (χ1n) is 9.67. The van der Waals surface area contributed by atoms with Gasteiger partial charge in [0.1, 0.15) is 17.5 Å². The van der Waals surface area contributed by atoms with E-state index in [1.807, 2.05) is 18.2 Å². The molecular formula is C23H25N3O2. The van der Waals surface area contributed by atoms with Gasteiger partial charge in [0, 0.05) is 25.5 Å². The smallest absolute Gasteiger partial charge is 0.241 e. The zero-order valence-corrected chi connectivity index (χ0v) is 16.1. The minimum absolute atomic E-state index is 0.0438. The number of hydrogen-bond donors (Lipinski definition) is 1. The van der Waals surface area contributed by atoms with Crippen molar-refractivity contribution in [3.8, 4) is 0 Å². The molecule has 3 aromatic rings. The number of benzene rings is 2. The van der Waals surface area contributed by atoms with Gasteiger partial charge in [0.05, 0.1) is 6.54 Å². The molecule has 0 unspecified atom stereocenters. The van der Waals surface area contributed by atoms with Crippen molar-refractivity contribution in [1.82, 2.24) is 15.4 Å². The maximum Gasteiger partial charge on any atom is 0.241 e. The Morgan fingerprint density at radius 3 is 2.39 bits per heavy atom. The molecule has 2 aromatic carbocycles. The first kappa shape index (κ1) is 18.4. The second-order valence-electron chi connectivity index (χ2n) is 7.48. The summed E-state index contributed by atoms with van der Waals surface area (Å²) in [6.07, 6.45) is 3.87. The molecule has 0 spiro atoms. The summed E-state index contributed by atoms with van der Waals surface area (Å²) in [6.45, 7) is 1.19. The Morgan fingerprint density at radius 2 is 1.75 bits per heavy atom. The third-order valence-corrected chi connectivity index (χ3v) is 5.74. The summed E-state index contributed by atoms with van der Waals surface area (Å²) in [7, 11) is 2.06. The van der Waals surface area contributed by atoms with Gasteiger partial charge in [-0.15, -0.1) is 0 Å². The van der Waals surface area contributed by atoms with Crippen molar-refractivity contribution in [2.45, 2.75) is 31.3 Å². The molecule has 1 N–H and O–H groups in total. The van der Waals surface area contributed by atoms with E-state index in [9.17, 15) is 4.79 Å². The lowest BCUT2D eigenvalue weighted by Crippen LogP contribution is -2.58. The lowest BCUT2D eigenvalue weighted by molar-refractivity contribution is -0.132. The molecule has 1 aliphatic rings. The molecule has 1 aliphatic carbocycles. The fraction of sp³-hybridized carbons (Fsp3) is 0.304. The summed E-state index contributed by atoms with van der Waals surface area (Å²) < 4.78 is 4.87. The third kappa shape index (κ3) is 3.71. The Morgan fingerprint density at radius 1 is 1.07 bits per heavy atom. The van der Waals surface area contributed by atoms with Crippen LogP contribution in [-0.2, 0) is 30.6 Å². The molecule has 0 fully saturated rings. The maximum absolute atomic E-state index is 13.4. The van der Waals surface area contributed by atoms with Gasteiger partial charge < -0.3 is 9.84 Å². The van der Waals surface area contributed by atoms with Gasteiger partial charge in [-0.1, -0.05) is 59.8 Å². The molecule has 1 amide bonds. The van der Waals surface area contributed by atoms with Crippen LogP contribution < -0.4 is 5.32 Å². The maximum atomic E-state index is 13.4. The van der Waals surface area contributed by atoms with Crippen LogP contribution in [-0.4, -0.2) is 35.1 Å². The fourth-order valence-electron chi connectivity index (χ4n) is 4.02. The molecule has 0 saturated heterocycles. The van der Waals surface area contributed by atoms with Crippen molar-refractivity contribution in [1.29, 1.82) is 0 Å². The number of rotatable bonds is 7. The van der Waals surface area contributed by atoms with Gasteiger partial charge in [-0.2, -0.15) is 0 Å². The first-order valence-corrected chi connectivity index (χ1v) is 9.67. The molecule has 1 heterocycles. The predicted molar refractivity (Wildman–Crippen MR) is 108 cm³/mol. The highest BCUT2D eigenvalue weighted by atomic mass is 16.5. The van der Waals surface area contributed by atoms with E-state index in [-0.39, 0.29) is 5.91 Å². The van der Waals surface area contributed by atoms with Crippen molar-refractivity contribution < 1.29 is 9.32 Å². The number of nitrogens with one attached hydrogen (secondary N) is 1. The van der Waals surface area contributed by atoms with Crippen LogP contribution >= 0.6 is 0 Å². The van der Waals surface area contributed by atoms with E-state index in [1.165, 1.54) is 23.0 Å². The van der Waals surface area contributed by atoms with E-state index in [4.69, 9.17) is 4.52 Å². The van der Waals surface area contributed by atoms with Crippen LogP contribution in [0.3, 0.4) is 0 Å². The molecule has 0 bridgehead atoms. The van der Waals surface area contributed by atoms with Gasteiger partial charge >= 0.3 is 0 Å². The topological polar surface area (TPSA) is 58.4 Å². The van der Waals surface area contributed by atoms with E-state index in [0.29, 0.717) is 6.54 Å². The van der Waals surface area contributed by atoms with Crippen LogP contribution in [0.15, 0.2) is 71.4 Å². The van der Waals surface area contributed by atoms with Gasteiger partial charge in [-0.25, -0.2) is 0 Å². The average molecular weight is 375 g/mol. The van der Waals surface area contributed by atoms with Crippen LogP contribution in [0, 0.1) is 0 Å². The largest absolute Gasteiger partial charge is 0.364 e. The zero-order valence-electron chi connectivity index (χ0n) is 16.1. The monoisotopic (exact) mass is 375 g/mol. The van der Waals surface area contributed by atoms with Crippen molar-refractivity contribution in [2.75, 3.05) is 13.6 Å². The molecule has 28 heavy (non-hydrogen) atoms. The number of nitrogens with zero attached hydrogens (tertiary/aromatic N) is 2. The highest BCUT2D eigenvalue weighted by Gasteiger charge is 2.46. The summed E-state index contributed by atoms with van der Waals surface area (Å²) in [5, 5.41) is 6.97. The zero-order chi connectivity index (χ0) is 19.4. The minimum atomic E-state index is -0.581. The lowest BCUT2D eigenvalue weighted by atomic mass is 9.91. The fourth-order valence-corrected chi connectivity index (χ4v) is 4.02. The average Bonchev–Trinajstić information content (AvgIpc) is 3.39. The van der Waals surface area contributed by atoms with Crippen molar-refractivity contribution in [3.05, 3.63) is 89.3 Å². The number of amides is 1. The molecule has 0 aliphatic heterocycles. The molecule has 5 heteroatoms. The molecule has 5 nitrogen and oxygen atoms in total. The Labute approximate surface area is 165 Å². The summed E-state index contributed by atoms with van der Waals surface area (Å²) in [6, 6.07) is 20.5. The van der Waals surface area contributed by atoms with Crippen molar-refractivity contribution in [2.24, 2.45) is 0 Å². The van der Waals surface area contributed by atoms with E-state index in [2.05, 4.69) is 58.8 Å². The van der Waals surface area contributed by atoms with Gasteiger partial charge in [-0.3, -0.25) is 9.69 Å². The van der Waals surface area contributed by atoms with Crippen molar-refractivity contribution in [3.63, 3.8) is 0 Å². The van der Waals surface area contributed by atoms with Gasteiger partial charge in [0.25, 0.3) is 0 Å². The van der Waals surface area contributed by atoms with E-state index in [1.54, 1.807) is 6.07 Å². The quantitative estimate of drug-likeness (QED) is 0.690. The first-order chi connectivity index (χ1) is 13.7. The van der Waals surface area contributed by atoms with E-state index >= 15 is 0 Å². The lowest BCUT2D eigenvalue weighted by Gasteiger charge is -2.37. The van der Waals surface area contributed by atoms with Gasteiger partial charge in [-0.05, 0) is 30.2 Å². The van der Waals surface area contributed by atoms with Crippen LogP contribution in [0.5, 0.6) is 0 Å². The Hall–Kier alpha value is -2.92. The summed E-state index contributed by atoms with van der Waals surface area (Å²) in [5.41, 5.74) is 3.94. The highest BCUT2D eigenvalue weighted by Crippen LogP contribution is 2.34. The summed E-state index contributed by atoms with van der Waals surface area (Å²) in [5.74, 6) is 0.0438. The number of aromatic nitrogens is 1. The number of carbonyl (C=O) groups is 1. The Kier molecular flexibility index (Phi) is 5.26. The molecule has 144 valence electrons. The van der Waals surface area contributed by atoms with E-state index in [0.717, 1.165) is 31.5 Å². The third-order valence-electron chi connectivity index (χ3n) is 5.74. The van der Waals surface area contributed by atoms with E-state index < -0.39 is 5.54 Å². The second kappa shape index (κ2) is 7.98. The molecule has 0 saturated carbocycles. The Bertz CT molecular complexity index is 897.